The number of allylic oxidation sites excluding steroid dienone is 1. The van der Waals surface area contributed by atoms with Gasteiger partial charge in [0.05, 0.1) is 0 Å². The molecule has 16 heavy (non-hydrogen) atoms. The first-order valence-corrected chi connectivity index (χ1v) is 9.74. The molecule has 0 aromatic carbocycles. The van der Waals surface area contributed by atoms with Crippen molar-refractivity contribution in [1.82, 2.24) is 0 Å². The lowest BCUT2D eigenvalue weighted by molar-refractivity contribution is 0.179. The van der Waals surface area contributed by atoms with Crippen molar-refractivity contribution in [3.63, 3.8) is 0 Å². The van der Waals surface area contributed by atoms with E-state index in [0.29, 0.717) is 0 Å². The van der Waals surface area contributed by atoms with Crippen molar-refractivity contribution in [2.24, 2.45) is 5.92 Å². The largest absolute Gasteiger partial charge is 0.380 e. The molecule has 0 aliphatic rings. The van der Waals surface area contributed by atoms with E-state index in [1.165, 1.54) is 6.42 Å². The molecule has 0 fully saturated rings. The Morgan fingerprint density at radius 1 is 1.31 bits per heavy atom. The van der Waals surface area contributed by atoms with Gasteiger partial charge in [-0.1, -0.05) is 57.5 Å². The van der Waals surface area contributed by atoms with E-state index in [-0.39, 0.29) is 5.92 Å². The zero-order valence-corrected chi connectivity index (χ0v) is 12.4. The van der Waals surface area contributed by atoms with Crippen molar-refractivity contribution in [1.29, 1.82) is 0 Å². The van der Waals surface area contributed by atoms with Crippen LogP contribution in [0.4, 0.5) is 0 Å². The van der Waals surface area contributed by atoms with E-state index in [9.17, 15) is 5.11 Å². The zero-order chi connectivity index (χ0) is 12.6. The molecule has 1 nitrogen and oxygen atoms in total. The van der Waals surface area contributed by atoms with Crippen LogP contribution >= 0.6 is 0 Å². The predicted octanol–water partition coefficient (Wildman–Crippen LogP) is 3.61. The normalized spacial score (nSPS) is 15.6. The third-order valence-corrected chi connectivity index (χ3v) is 3.23. The minimum Gasteiger partial charge on any atom is -0.380 e. The van der Waals surface area contributed by atoms with Crippen molar-refractivity contribution in [3.05, 3.63) is 12.2 Å². The van der Waals surface area contributed by atoms with Crippen LogP contribution in [-0.4, -0.2) is 19.3 Å². The molecule has 0 aromatic heterocycles. The van der Waals surface area contributed by atoms with Gasteiger partial charge in [-0.25, -0.2) is 0 Å². The summed E-state index contributed by atoms with van der Waals surface area (Å²) < 4.78 is 0. The van der Waals surface area contributed by atoms with Gasteiger partial charge in [-0.15, -0.1) is 5.54 Å². The van der Waals surface area contributed by atoms with Crippen molar-refractivity contribution in [3.8, 4) is 11.5 Å². The lowest BCUT2D eigenvalue weighted by Crippen LogP contribution is -2.21. The van der Waals surface area contributed by atoms with E-state index >= 15 is 0 Å². The minimum absolute atomic E-state index is 0.203. The molecule has 0 unspecified atom stereocenters. The van der Waals surface area contributed by atoms with Crippen LogP contribution in [0.15, 0.2) is 12.2 Å². The SMILES string of the molecule is C/C=C/[C@H](CCCC)[C@@H](O)C#C[Si](C)(C)C. The van der Waals surface area contributed by atoms with Gasteiger partial charge in [0.2, 0.25) is 0 Å². The molecule has 1 N–H and O–H groups in total. The number of hydrogen-bond acceptors (Lipinski definition) is 1. The molecule has 2 heteroatoms. The van der Waals surface area contributed by atoms with Crippen molar-refractivity contribution in [2.45, 2.75) is 58.9 Å². The molecular weight excluding hydrogens is 212 g/mol. The average Bonchev–Trinajstić information content (AvgIpc) is 2.19. The van der Waals surface area contributed by atoms with Gasteiger partial charge in [0.25, 0.3) is 0 Å². The molecule has 0 spiro atoms. The third kappa shape index (κ3) is 7.73. The second-order valence-corrected chi connectivity index (χ2v) is 10.0. The molecule has 92 valence electrons. The second kappa shape index (κ2) is 7.70. The van der Waals surface area contributed by atoms with Gasteiger partial charge in [0.15, 0.2) is 0 Å². The fourth-order valence-corrected chi connectivity index (χ4v) is 2.02. The van der Waals surface area contributed by atoms with Crippen LogP contribution in [0.2, 0.25) is 19.6 Å². The zero-order valence-electron chi connectivity index (χ0n) is 11.4. The molecule has 2 atom stereocenters. The standard InChI is InChI=1S/C14H26OSi/c1-6-8-10-13(9-7-2)14(15)11-12-16(3,4)5/h7,9,13-15H,6,8,10H2,1-5H3/b9-7+/t13-,14+/m1/s1. The highest BCUT2D eigenvalue weighted by Crippen LogP contribution is 2.15. The van der Waals surface area contributed by atoms with E-state index in [0.717, 1.165) is 12.8 Å². The summed E-state index contributed by atoms with van der Waals surface area (Å²) in [6, 6.07) is 0. The topological polar surface area (TPSA) is 20.2 Å². The highest BCUT2D eigenvalue weighted by atomic mass is 28.3. The maximum atomic E-state index is 10.0. The smallest absolute Gasteiger partial charge is 0.129 e. The van der Waals surface area contributed by atoms with Gasteiger partial charge in [-0.05, 0) is 13.3 Å². The van der Waals surface area contributed by atoms with Gasteiger partial charge in [-0.3, -0.25) is 0 Å². The highest BCUT2D eigenvalue weighted by Gasteiger charge is 2.14. The third-order valence-electron chi connectivity index (χ3n) is 2.33. The summed E-state index contributed by atoms with van der Waals surface area (Å²) in [6.45, 7) is 10.8. The Morgan fingerprint density at radius 3 is 2.38 bits per heavy atom. The first kappa shape index (κ1) is 15.5. The van der Waals surface area contributed by atoms with Crippen LogP contribution in [0.1, 0.15) is 33.1 Å². The lowest BCUT2D eigenvalue weighted by Gasteiger charge is -2.15. The molecule has 0 saturated carbocycles. The van der Waals surface area contributed by atoms with Crippen LogP contribution in [0.3, 0.4) is 0 Å². The summed E-state index contributed by atoms with van der Waals surface area (Å²) in [5.41, 5.74) is 3.24. The number of unbranched alkanes of at least 4 members (excludes halogenated alkanes) is 1. The van der Waals surface area contributed by atoms with E-state index in [2.05, 4.69) is 44.1 Å². The summed E-state index contributed by atoms with van der Waals surface area (Å²) in [7, 11) is -1.37. The summed E-state index contributed by atoms with van der Waals surface area (Å²) in [4.78, 5) is 0. The molecule has 0 radical (unpaired) electrons. The quantitative estimate of drug-likeness (QED) is 0.441. The lowest BCUT2D eigenvalue weighted by atomic mass is 9.96. The summed E-state index contributed by atoms with van der Waals surface area (Å²) >= 11 is 0. The Bertz CT molecular complexity index is 265. The summed E-state index contributed by atoms with van der Waals surface area (Å²) in [6.07, 6.45) is 6.96. The van der Waals surface area contributed by atoms with Crippen molar-refractivity contribution >= 4 is 8.07 Å². The molecule has 0 saturated heterocycles. The minimum atomic E-state index is -1.37. The van der Waals surface area contributed by atoms with Crippen molar-refractivity contribution < 1.29 is 5.11 Å². The van der Waals surface area contributed by atoms with Gasteiger partial charge >= 0.3 is 0 Å². The molecule has 0 aliphatic carbocycles. The molecule has 0 aliphatic heterocycles. The van der Waals surface area contributed by atoms with E-state index < -0.39 is 14.2 Å². The maximum absolute atomic E-state index is 10.0. The van der Waals surface area contributed by atoms with Crippen LogP contribution in [0.5, 0.6) is 0 Å². The van der Waals surface area contributed by atoms with Crippen molar-refractivity contribution in [2.75, 3.05) is 0 Å². The highest BCUT2D eigenvalue weighted by molar-refractivity contribution is 6.83. The fourth-order valence-electron chi connectivity index (χ4n) is 1.44. The first-order chi connectivity index (χ1) is 7.40. The van der Waals surface area contributed by atoms with E-state index in [1.54, 1.807) is 0 Å². The fraction of sp³-hybridized carbons (Fsp3) is 0.714. The van der Waals surface area contributed by atoms with Gasteiger partial charge in [0.1, 0.15) is 14.2 Å². The van der Waals surface area contributed by atoms with Crippen LogP contribution in [0, 0.1) is 17.4 Å². The number of hydrogen-bond donors (Lipinski definition) is 1. The van der Waals surface area contributed by atoms with Gasteiger partial charge in [0, 0.05) is 5.92 Å². The Labute approximate surface area is 102 Å². The van der Waals surface area contributed by atoms with E-state index in [1.807, 2.05) is 13.0 Å². The maximum Gasteiger partial charge on any atom is 0.129 e. The van der Waals surface area contributed by atoms with Crippen LogP contribution in [-0.2, 0) is 0 Å². The average molecular weight is 238 g/mol. The van der Waals surface area contributed by atoms with Gasteiger partial charge < -0.3 is 5.11 Å². The predicted molar refractivity (Wildman–Crippen MR) is 75.0 cm³/mol. The Morgan fingerprint density at radius 2 is 1.94 bits per heavy atom. The number of aliphatic hydroxyl groups excluding tert-OH is 1. The molecule has 0 rings (SSSR count). The first-order valence-electron chi connectivity index (χ1n) is 6.24. The van der Waals surface area contributed by atoms with Crippen LogP contribution < -0.4 is 0 Å². The second-order valence-electron chi connectivity index (χ2n) is 5.30. The van der Waals surface area contributed by atoms with Crippen LogP contribution in [0.25, 0.3) is 0 Å². The summed E-state index contributed by atoms with van der Waals surface area (Å²) in [5.74, 6) is 3.23. The molecular formula is C14H26OSi. The summed E-state index contributed by atoms with van der Waals surface area (Å²) in [5, 5.41) is 10.0. The Balaban J connectivity index is 4.47. The Hall–Kier alpha value is -0.523. The van der Waals surface area contributed by atoms with Gasteiger partial charge in [-0.2, -0.15) is 0 Å². The monoisotopic (exact) mass is 238 g/mol. The van der Waals surface area contributed by atoms with E-state index in [4.69, 9.17) is 0 Å². The molecule has 0 amide bonds. The number of aliphatic hydroxyl groups is 1. The molecule has 0 heterocycles. The molecule has 0 aromatic rings. The molecule has 0 bridgehead atoms. The number of rotatable bonds is 5. The Kier molecular flexibility index (Phi) is 7.45.